The lowest BCUT2D eigenvalue weighted by Gasteiger charge is -2.05. The third-order valence-corrected chi connectivity index (χ3v) is 3.06. The monoisotopic (exact) mass is 229 g/mol. The van der Waals surface area contributed by atoms with E-state index in [1.807, 2.05) is 6.07 Å². The summed E-state index contributed by atoms with van der Waals surface area (Å²) >= 11 is 1.73. The second-order valence-electron chi connectivity index (χ2n) is 3.29. The normalized spacial score (nSPS) is 10.5. The van der Waals surface area contributed by atoms with Gasteiger partial charge in [0, 0.05) is 20.3 Å². The van der Waals surface area contributed by atoms with E-state index in [0.717, 1.165) is 38.3 Å². The maximum atomic E-state index is 5.23. The molecule has 1 N–H and O–H groups in total. The summed E-state index contributed by atoms with van der Waals surface area (Å²) in [5, 5.41) is 5.45. The van der Waals surface area contributed by atoms with Crippen molar-refractivity contribution in [3.63, 3.8) is 0 Å². The first-order valence-electron chi connectivity index (χ1n) is 5.18. The summed E-state index contributed by atoms with van der Waals surface area (Å²) in [6, 6.07) is 2.01. The minimum absolute atomic E-state index is 0.851. The first-order chi connectivity index (χ1) is 7.38. The molecule has 1 aromatic heterocycles. The predicted octanol–water partition coefficient (Wildman–Crippen LogP) is 2.27. The number of unbranched alkanes of at least 4 members (excludes halogenated alkanes) is 1. The van der Waals surface area contributed by atoms with E-state index >= 15 is 0 Å². The van der Waals surface area contributed by atoms with Crippen molar-refractivity contribution < 1.29 is 9.47 Å². The maximum Gasteiger partial charge on any atom is 0.134 e. The summed E-state index contributed by atoms with van der Waals surface area (Å²) in [5.74, 6) is 0.990. The molecule has 1 aromatic rings. The lowest BCUT2D eigenvalue weighted by Crippen LogP contribution is -2.14. The highest BCUT2D eigenvalue weighted by atomic mass is 32.1. The molecule has 0 spiro atoms. The van der Waals surface area contributed by atoms with E-state index in [4.69, 9.17) is 9.47 Å². The van der Waals surface area contributed by atoms with Crippen molar-refractivity contribution in [3.05, 3.63) is 16.3 Å². The van der Waals surface area contributed by atoms with Gasteiger partial charge in [0.2, 0.25) is 0 Å². The number of ether oxygens (including phenoxy) is 2. The minimum Gasteiger partial charge on any atom is -0.496 e. The number of nitrogens with one attached hydrogen (secondary N) is 1. The SMILES string of the molecule is COCCCCNCc1sccc1OC. The molecule has 0 radical (unpaired) electrons. The summed E-state index contributed by atoms with van der Waals surface area (Å²) in [4.78, 5) is 1.27. The molecule has 86 valence electrons. The van der Waals surface area contributed by atoms with Gasteiger partial charge in [0.25, 0.3) is 0 Å². The molecule has 0 bridgehead atoms. The second kappa shape index (κ2) is 7.68. The van der Waals surface area contributed by atoms with Gasteiger partial charge in [0.15, 0.2) is 0 Å². The molecular formula is C11H19NO2S. The Balaban J connectivity index is 2.09. The quantitative estimate of drug-likeness (QED) is 0.694. The largest absolute Gasteiger partial charge is 0.496 e. The second-order valence-corrected chi connectivity index (χ2v) is 4.29. The van der Waals surface area contributed by atoms with Crippen LogP contribution in [0, 0.1) is 0 Å². The van der Waals surface area contributed by atoms with Crippen LogP contribution in [0.25, 0.3) is 0 Å². The molecule has 0 unspecified atom stereocenters. The van der Waals surface area contributed by atoms with Gasteiger partial charge in [0.1, 0.15) is 5.75 Å². The highest BCUT2D eigenvalue weighted by molar-refractivity contribution is 7.10. The number of rotatable bonds is 8. The van der Waals surface area contributed by atoms with Gasteiger partial charge in [-0.25, -0.2) is 0 Å². The summed E-state index contributed by atoms with van der Waals surface area (Å²) in [7, 11) is 3.45. The van der Waals surface area contributed by atoms with Gasteiger partial charge in [0.05, 0.1) is 12.0 Å². The fourth-order valence-corrected chi connectivity index (χ4v) is 2.15. The van der Waals surface area contributed by atoms with Gasteiger partial charge in [-0.1, -0.05) is 0 Å². The lowest BCUT2D eigenvalue weighted by atomic mass is 10.3. The maximum absolute atomic E-state index is 5.23. The van der Waals surface area contributed by atoms with Crippen LogP contribution >= 0.6 is 11.3 Å². The van der Waals surface area contributed by atoms with Crippen LogP contribution in [0.4, 0.5) is 0 Å². The van der Waals surface area contributed by atoms with E-state index in [-0.39, 0.29) is 0 Å². The molecule has 0 fully saturated rings. The van der Waals surface area contributed by atoms with Gasteiger partial charge < -0.3 is 14.8 Å². The van der Waals surface area contributed by atoms with Crippen LogP contribution in [-0.4, -0.2) is 27.4 Å². The Hall–Kier alpha value is -0.580. The zero-order chi connectivity index (χ0) is 10.9. The van der Waals surface area contributed by atoms with Gasteiger partial charge >= 0.3 is 0 Å². The average molecular weight is 229 g/mol. The topological polar surface area (TPSA) is 30.5 Å². The molecule has 1 heterocycles. The Morgan fingerprint density at radius 3 is 2.93 bits per heavy atom. The van der Waals surface area contributed by atoms with Crippen molar-refractivity contribution in [2.45, 2.75) is 19.4 Å². The molecule has 0 amide bonds. The van der Waals surface area contributed by atoms with E-state index in [1.165, 1.54) is 4.88 Å². The smallest absolute Gasteiger partial charge is 0.134 e. The Morgan fingerprint density at radius 2 is 2.20 bits per heavy atom. The molecular weight excluding hydrogens is 210 g/mol. The zero-order valence-corrected chi connectivity index (χ0v) is 10.2. The number of methoxy groups -OCH3 is 2. The molecule has 0 atom stereocenters. The molecule has 1 rings (SSSR count). The van der Waals surface area contributed by atoms with Crippen LogP contribution in [0.5, 0.6) is 5.75 Å². The molecule has 0 aromatic carbocycles. The van der Waals surface area contributed by atoms with E-state index in [2.05, 4.69) is 10.7 Å². The van der Waals surface area contributed by atoms with Gasteiger partial charge in [-0.05, 0) is 30.8 Å². The molecule has 0 saturated heterocycles. The van der Waals surface area contributed by atoms with Crippen molar-refractivity contribution in [3.8, 4) is 5.75 Å². The minimum atomic E-state index is 0.851. The number of thiophene rings is 1. The van der Waals surface area contributed by atoms with Crippen molar-refractivity contribution in [2.24, 2.45) is 0 Å². The van der Waals surface area contributed by atoms with Crippen molar-refractivity contribution in [1.29, 1.82) is 0 Å². The average Bonchev–Trinajstić information content (AvgIpc) is 2.70. The fourth-order valence-electron chi connectivity index (χ4n) is 1.34. The molecule has 0 aliphatic rings. The third-order valence-electron chi connectivity index (χ3n) is 2.16. The zero-order valence-electron chi connectivity index (χ0n) is 9.41. The van der Waals surface area contributed by atoms with Crippen molar-refractivity contribution in [1.82, 2.24) is 5.32 Å². The Kier molecular flexibility index (Phi) is 6.39. The summed E-state index contributed by atoms with van der Waals surface area (Å²) in [6.45, 7) is 2.78. The highest BCUT2D eigenvalue weighted by Gasteiger charge is 2.02. The fraction of sp³-hybridized carbons (Fsp3) is 0.636. The summed E-state index contributed by atoms with van der Waals surface area (Å²) < 4.78 is 10.2. The Morgan fingerprint density at radius 1 is 1.33 bits per heavy atom. The van der Waals surface area contributed by atoms with Gasteiger partial charge in [-0.3, -0.25) is 0 Å². The van der Waals surface area contributed by atoms with Crippen LogP contribution in [0.3, 0.4) is 0 Å². The van der Waals surface area contributed by atoms with Crippen molar-refractivity contribution in [2.75, 3.05) is 27.4 Å². The molecule has 0 saturated carbocycles. The van der Waals surface area contributed by atoms with E-state index in [0.29, 0.717) is 0 Å². The van der Waals surface area contributed by atoms with Crippen LogP contribution in [0.15, 0.2) is 11.4 Å². The highest BCUT2D eigenvalue weighted by Crippen LogP contribution is 2.23. The van der Waals surface area contributed by atoms with Crippen LogP contribution < -0.4 is 10.1 Å². The first kappa shape index (κ1) is 12.5. The molecule has 3 nitrogen and oxygen atoms in total. The number of hydrogen-bond acceptors (Lipinski definition) is 4. The van der Waals surface area contributed by atoms with Crippen LogP contribution in [0.1, 0.15) is 17.7 Å². The molecule has 0 aliphatic carbocycles. The lowest BCUT2D eigenvalue weighted by molar-refractivity contribution is 0.192. The molecule has 0 aliphatic heterocycles. The van der Waals surface area contributed by atoms with E-state index in [1.54, 1.807) is 25.6 Å². The van der Waals surface area contributed by atoms with Crippen molar-refractivity contribution >= 4 is 11.3 Å². The Labute approximate surface area is 95.4 Å². The standard InChI is InChI=1S/C11H19NO2S/c1-13-7-4-3-6-12-9-11-10(14-2)5-8-15-11/h5,8,12H,3-4,6-7,9H2,1-2H3. The summed E-state index contributed by atoms with van der Waals surface area (Å²) in [6.07, 6.45) is 2.27. The van der Waals surface area contributed by atoms with E-state index < -0.39 is 0 Å². The third kappa shape index (κ3) is 4.64. The summed E-state index contributed by atoms with van der Waals surface area (Å²) in [5.41, 5.74) is 0. The molecule has 4 heteroatoms. The predicted molar refractivity (Wildman–Crippen MR) is 63.7 cm³/mol. The van der Waals surface area contributed by atoms with Crippen LogP contribution in [-0.2, 0) is 11.3 Å². The van der Waals surface area contributed by atoms with Gasteiger partial charge in [-0.2, -0.15) is 0 Å². The van der Waals surface area contributed by atoms with Crippen LogP contribution in [0.2, 0.25) is 0 Å². The van der Waals surface area contributed by atoms with Gasteiger partial charge in [-0.15, -0.1) is 11.3 Å². The molecule has 15 heavy (non-hydrogen) atoms. The number of hydrogen-bond donors (Lipinski definition) is 1. The first-order valence-corrected chi connectivity index (χ1v) is 6.06. The van der Waals surface area contributed by atoms with E-state index in [9.17, 15) is 0 Å². The Bertz CT molecular complexity index is 263.